The lowest BCUT2D eigenvalue weighted by atomic mass is 10.1. The zero-order valence-electron chi connectivity index (χ0n) is 16.5. The number of nitrogens with zero attached hydrogens (tertiary/aromatic N) is 1. The van der Waals surface area contributed by atoms with Gasteiger partial charge in [0.2, 0.25) is 5.91 Å². The summed E-state index contributed by atoms with van der Waals surface area (Å²) in [5, 5.41) is 2.59. The number of rotatable bonds is 8. The van der Waals surface area contributed by atoms with Crippen LogP contribution in [0, 0.1) is 6.92 Å². The Bertz CT molecular complexity index is 824. The minimum Gasteiger partial charge on any atom is -0.497 e. The van der Waals surface area contributed by atoms with Gasteiger partial charge in [-0.1, -0.05) is 28.1 Å². The molecule has 0 unspecified atom stereocenters. The van der Waals surface area contributed by atoms with Crippen LogP contribution in [0.1, 0.15) is 18.1 Å². The molecular formula is C21H25BrN2O4. The summed E-state index contributed by atoms with van der Waals surface area (Å²) in [5.41, 5.74) is 1.91. The summed E-state index contributed by atoms with van der Waals surface area (Å²) in [7, 11) is 3.15. The Morgan fingerprint density at radius 2 is 1.79 bits per heavy atom. The van der Waals surface area contributed by atoms with Crippen LogP contribution in [0.3, 0.4) is 0 Å². The second-order valence-corrected chi connectivity index (χ2v) is 7.21. The van der Waals surface area contributed by atoms with Gasteiger partial charge in [-0.3, -0.25) is 9.59 Å². The Hall–Kier alpha value is -2.54. The van der Waals surface area contributed by atoms with Gasteiger partial charge in [0, 0.05) is 18.1 Å². The van der Waals surface area contributed by atoms with Gasteiger partial charge in [-0.05, 0) is 55.3 Å². The number of halogens is 1. The van der Waals surface area contributed by atoms with Crippen molar-refractivity contribution in [3.8, 4) is 11.5 Å². The van der Waals surface area contributed by atoms with Gasteiger partial charge in [-0.25, -0.2) is 0 Å². The van der Waals surface area contributed by atoms with Gasteiger partial charge >= 0.3 is 0 Å². The average Bonchev–Trinajstić information content (AvgIpc) is 2.71. The molecule has 7 heteroatoms. The Labute approximate surface area is 174 Å². The highest BCUT2D eigenvalue weighted by Crippen LogP contribution is 2.22. The van der Waals surface area contributed by atoms with Crippen molar-refractivity contribution in [2.24, 2.45) is 0 Å². The zero-order chi connectivity index (χ0) is 20.7. The van der Waals surface area contributed by atoms with E-state index in [0.717, 1.165) is 21.3 Å². The molecule has 0 fully saturated rings. The predicted octanol–water partition coefficient (Wildman–Crippen LogP) is 3.31. The number of amides is 2. The van der Waals surface area contributed by atoms with Crippen LogP contribution < -0.4 is 14.8 Å². The van der Waals surface area contributed by atoms with E-state index < -0.39 is 6.04 Å². The second kappa shape index (κ2) is 10.1. The third-order valence-electron chi connectivity index (χ3n) is 4.42. The van der Waals surface area contributed by atoms with Crippen molar-refractivity contribution in [1.29, 1.82) is 0 Å². The van der Waals surface area contributed by atoms with Crippen LogP contribution in [0.15, 0.2) is 46.9 Å². The van der Waals surface area contributed by atoms with E-state index in [1.54, 1.807) is 27.1 Å². The standard InChI is InChI=1S/C21H25BrN2O4/c1-14-11-18(9-10-19(14)22)28-13-20(25)24(15(2)21(26)23-3)12-16-5-7-17(27-4)8-6-16/h5-11,15H,12-13H2,1-4H3,(H,23,26)/t15-/m0/s1. The van der Waals surface area contributed by atoms with Crippen molar-refractivity contribution in [1.82, 2.24) is 10.2 Å². The number of methoxy groups -OCH3 is 1. The van der Waals surface area contributed by atoms with Crippen LogP contribution in [-0.4, -0.2) is 43.5 Å². The van der Waals surface area contributed by atoms with Crippen LogP contribution in [0.5, 0.6) is 11.5 Å². The van der Waals surface area contributed by atoms with Crippen LogP contribution in [0.2, 0.25) is 0 Å². The topological polar surface area (TPSA) is 67.9 Å². The molecule has 0 aliphatic heterocycles. The second-order valence-electron chi connectivity index (χ2n) is 6.36. The van der Waals surface area contributed by atoms with Gasteiger partial charge in [-0.2, -0.15) is 0 Å². The third kappa shape index (κ3) is 5.73. The summed E-state index contributed by atoms with van der Waals surface area (Å²) in [4.78, 5) is 26.5. The van der Waals surface area contributed by atoms with E-state index in [-0.39, 0.29) is 18.4 Å². The Balaban J connectivity index is 2.13. The van der Waals surface area contributed by atoms with Crippen molar-refractivity contribution in [3.05, 3.63) is 58.1 Å². The maximum absolute atomic E-state index is 12.8. The Morgan fingerprint density at radius 1 is 1.14 bits per heavy atom. The van der Waals surface area contributed by atoms with Crippen molar-refractivity contribution in [3.63, 3.8) is 0 Å². The molecule has 0 saturated carbocycles. The van der Waals surface area contributed by atoms with Gasteiger partial charge in [-0.15, -0.1) is 0 Å². The number of ether oxygens (including phenoxy) is 2. The first kappa shape index (κ1) is 21.8. The van der Waals surface area contributed by atoms with Crippen LogP contribution in [0.25, 0.3) is 0 Å². The van der Waals surface area contributed by atoms with Gasteiger partial charge in [0.1, 0.15) is 17.5 Å². The number of hydrogen-bond acceptors (Lipinski definition) is 4. The van der Waals surface area contributed by atoms with Gasteiger partial charge < -0.3 is 19.7 Å². The molecule has 6 nitrogen and oxygen atoms in total. The number of likely N-dealkylation sites (N-methyl/N-ethyl adjacent to an activating group) is 1. The number of carbonyl (C=O) groups excluding carboxylic acids is 2. The molecule has 0 radical (unpaired) electrons. The summed E-state index contributed by atoms with van der Waals surface area (Å²) in [6, 6.07) is 12.3. The van der Waals surface area contributed by atoms with E-state index in [1.807, 2.05) is 43.3 Å². The highest BCUT2D eigenvalue weighted by molar-refractivity contribution is 9.10. The largest absolute Gasteiger partial charge is 0.497 e. The van der Waals surface area contributed by atoms with Crippen LogP contribution >= 0.6 is 15.9 Å². The number of carbonyl (C=O) groups is 2. The van der Waals surface area contributed by atoms with E-state index in [2.05, 4.69) is 21.2 Å². The Morgan fingerprint density at radius 3 is 2.36 bits per heavy atom. The number of benzene rings is 2. The number of nitrogens with one attached hydrogen (secondary N) is 1. The van der Waals surface area contributed by atoms with E-state index in [0.29, 0.717) is 12.3 Å². The molecule has 1 N–H and O–H groups in total. The quantitative estimate of drug-likeness (QED) is 0.672. The van der Waals surface area contributed by atoms with Crippen LogP contribution in [0.4, 0.5) is 0 Å². The molecule has 28 heavy (non-hydrogen) atoms. The maximum atomic E-state index is 12.8. The van der Waals surface area contributed by atoms with E-state index in [9.17, 15) is 9.59 Å². The lowest BCUT2D eigenvalue weighted by Gasteiger charge is -2.28. The first-order valence-corrected chi connectivity index (χ1v) is 9.68. The molecule has 2 aromatic carbocycles. The normalized spacial score (nSPS) is 11.5. The van der Waals surface area contributed by atoms with Crippen molar-refractivity contribution in [2.45, 2.75) is 26.4 Å². The predicted molar refractivity (Wildman–Crippen MR) is 111 cm³/mol. The average molecular weight is 449 g/mol. The molecule has 0 aromatic heterocycles. The highest BCUT2D eigenvalue weighted by atomic mass is 79.9. The third-order valence-corrected chi connectivity index (χ3v) is 5.31. The van der Waals surface area contributed by atoms with E-state index in [4.69, 9.17) is 9.47 Å². The lowest BCUT2D eigenvalue weighted by molar-refractivity contribution is -0.142. The summed E-state index contributed by atoms with van der Waals surface area (Å²) >= 11 is 3.44. The van der Waals surface area contributed by atoms with Gasteiger partial charge in [0.25, 0.3) is 5.91 Å². The maximum Gasteiger partial charge on any atom is 0.261 e. The van der Waals surface area contributed by atoms with E-state index >= 15 is 0 Å². The fourth-order valence-corrected chi connectivity index (χ4v) is 2.90. The molecule has 0 saturated heterocycles. The zero-order valence-corrected chi connectivity index (χ0v) is 18.1. The summed E-state index contributed by atoms with van der Waals surface area (Å²) in [6.45, 7) is 3.78. The molecule has 0 aliphatic carbocycles. The SMILES string of the molecule is CNC(=O)[C@H](C)N(Cc1ccc(OC)cc1)C(=O)COc1ccc(Br)c(C)c1. The molecule has 1 atom stereocenters. The molecule has 2 amide bonds. The fourth-order valence-electron chi connectivity index (χ4n) is 2.65. The first-order valence-electron chi connectivity index (χ1n) is 8.88. The van der Waals surface area contributed by atoms with Crippen molar-refractivity contribution < 1.29 is 19.1 Å². The van der Waals surface area contributed by atoms with Gasteiger partial charge in [0.15, 0.2) is 6.61 Å². The minimum atomic E-state index is -0.630. The molecule has 0 aliphatic rings. The van der Waals surface area contributed by atoms with Crippen LogP contribution in [-0.2, 0) is 16.1 Å². The molecule has 2 aromatic rings. The Kier molecular flexibility index (Phi) is 7.87. The molecule has 0 bridgehead atoms. The molecular weight excluding hydrogens is 424 g/mol. The molecule has 2 rings (SSSR count). The fraction of sp³-hybridized carbons (Fsp3) is 0.333. The number of aryl methyl sites for hydroxylation is 1. The minimum absolute atomic E-state index is 0.154. The summed E-state index contributed by atoms with van der Waals surface area (Å²) in [5.74, 6) is 0.829. The van der Waals surface area contributed by atoms with Gasteiger partial charge in [0.05, 0.1) is 7.11 Å². The first-order chi connectivity index (χ1) is 13.3. The lowest BCUT2D eigenvalue weighted by Crippen LogP contribution is -2.48. The molecule has 0 spiro atoms. The molecule has 150 valence electrons. The van der Waals surface area contributed by atoms with Crippen molar-refractivity contribution >= 4 is 27.7 Å². The monoisotopic (exact) mass is 448 g/mol. The smallest absolute Gasteiger partial charge is 0.261 e. The van der Waals surface area contributed by atoms with E-state index in [1.165, 1.54) is 4.90 Å². The molecule has 0 heterocycles. The summed E-state index contributed by atoms with van der Waals surface area (Å²) in [6.07, 6.45) is 0. The van der Waals surface area contributed by atoms with Crippen molar-refractivity contribution in [2.75, 3.05) is 20.8 Å². The summed E-state index contributed by atoms with van der Waals surface area (Å²) < 4.78 is 11.8. The number of hydrogen-bond donors (Lipinski definition) is 1. The highest BCUT2D eigenvalue weighted by Gasteiger charge is 2.25.